The molecule has 1 saturated heterocycles. The van der Waals surface area contributed by atoms with Gasteiger partial charge in [0.15, 0.2) is 0 Å². The molecule has 1 aliphatic rings. The minimum absolute atomic E-state index is 0.0749. The lowest BCUT2D eigenvalue weighted by Crippen LogP contribution is -2.35. The predicted molar refractivity (Wildman–Crippen MR) is 111 cm³/mol. The highest BCUT2D eigenvalue weighted by Gasteiger charge is 2.23. The number of halogens is 1. The van der Waals surface area contributed by atoms with E-state index in [2.05, 4.69) is 25.3 Å². The van der Waals surface area contributed by atoms with Crippen molar-refractivity contribution < 1.29 is 14.0 Å². The second-order valence-electron chi connectivity index (χ2n) is 6.88. The molecule has 3 rings (SSSR count). The fraction of sp³-hybridized carbons (Fsp3) is 0.474. The number of nitrogens with one attached hydrogen (secondary N) is 3. The first-order chi connectivity index (χ1) is 14.0. The van der Waals surface area contributed by atoms with Crippen LogP contribution in [0, 0.1) is 11.9 Å². The van der Waals surface area contributed by atoms with Gasteiger partial charge >= 0.3 is 6.03 Å². The van der Waals surface area contributed by atoms with Gasteiger partial charge in [0, 0.05) is 31.6 Å². The second kappa shape index (κ2) is 9.64. The third-order valence-electron chi connectivity index (χ3n) is 4.87. The van der Waals surface area contributed by atoms with Gasteiger partial charge in [-0.25, -0.2) is 9.78 Å². The average Bonchev–Trinajstić information content (AvgIpc) is 3.14. The smallest absolute Gasteiger partial charge is 0.320 e. The lowest BCUT2D eigenvalue weighted by molar-refractivity contribution is 0.0957. The van der Waals surface area contributed by atoms with Crippen LogP contribution in [0.3, 0.4) is 0 Å². The Kier molecular flexibility index (Phi) is 6.97. The van der Waals surface area contributed by atoms with Gasteiger partial charge in [0.25, 0.3) is 5.91 Å². The quantitative estimate of drug-likeness (QED) is 0.624. The molecule has 29 heavy (non-hydrogen) atoms. The minimum Gasteiger partial charge on any atom is -0.368 e. The Balaban J connectivity index is 1.53. The number of urea groups is 1. The number of amides is 3. The number of hydrogen-bond donors (Lipinski definition) is 3. The molecule has 0 unspecified atom stereocenters. The topological polar surface area (TPSA) is 99.2 Å². The van der Waals surface area contributed by atoms with Crippen molar-refractivity contribution in [3.05, 3.63) is 34.7 Å². The molecule has 2 aromatic heterocycles. The number of aromatic nitrogens is 2. The zero-order valence-electron chi connectivity index (χ0n) is 16.5. The van der Waals surface area contributed by atoms with E-state index >= 15 is 0 Å². The Morgan fingerprint density at radius 2 is 2.07 bits per heavy atom. The van der Waals surface area contributed by atoms with E-state index < -0.39 is 11.9 Å². The molecule has 3 heterocycles. The van der Waals surface area contributed by atoms with Crippen LogP contribution < -0.4 is 20.9 Å². The van der Waals surface area contributed by atoms with E-state index in [0.29, 0.717) is 24.0 Å². The Morgan fingerprint density at radius 3 is 2.72 bits per heavy atom. The van der Waals surface area contributed by atoms with Crippen LogP contribution in [0.25, 0.3) is 0 Å². The van der Waals surface area contributed by atoms with E-state index in [9.17, 15) is 14.0 Å². The highest BCUT2D eigenvalue weighted by molar-refractivity contribution is 7.06. The number of pyridine rings is 1. The van der Waals surface area contributed by atoms with E-state index in [0.717, 1.165) is 37.2 Å². The summed E-state index contributed by atoms with van der Waals surface area (Å²) in [4.78, 5) is 30.0. The number of anilines is 2. The molecule has 8 nitrogen and oxygen atoms in total. The number of carbonyl (C=O) groups excluding carboxylic acids is 2. The van der Waals surface area contributed by atoms with Crippen molar-refractivity contribution >= 4 is 35.0 Å². The van der Waals surface area contributed by atoms with E-state index in [1.165, 1.54) is 18.6 Å². The molecule has 0 bridgehead atoms. The molecule has 3 amide bonds. The third-order valence-corrected chi connectivity index (χ3v) is 5.68. The van der Waals surface area contributed by atoms with Crippen LogP contribution in [0.4, 0.5) is 20.7 Å². The fourth-order valence-electron chi connectivity index (χ4n) is 3.37. The highest BCUT2D eigenvalue weighted by atomic mass is 32.1. The molecule has 156 valence electrons. The molecule has 0 aromatic carbocycles. The van der Waals surface area contributed by atoms with Crippen molar-refractivity contribution in [3.8, 4) is 0 Å². The first kappa shape index (κ1) is 21.0. The van der Waals surface area contributed by atoms with Gasteiger partial charge in [-0.15, -0.1) is 0 Å². The summed E-state index contributed by atoms with van der Waals surface area (Å²) >= 11 is 1.40. The molecule has 0 saturated carbocycles. The summed E-state index contributed by atoms with van der Waals surface area (Å²) in [5, 5.41) is 7.83. The largest absolute Gasteiger partial charge is 0.368 e. The number of carbonyl (C=O) groups is 2. The summed E-state index contributed by atoms with van der Waals surface area (Å²) in [5.41, 5.74) is 0.508. The van der Waals surface area contributed by atoms with Crippen LogP contribution in [0.15, 0.2) is 18.2 Å². The van der Waals surface area contributed by atoms with E-state index in [-0.39, 0.29) is 11.7 Å². The van der Waals surface area contributed by atoms with E-state index in [4.69, 9.17) is 0 Å². The minimum atomic E-state index is -0.618. The van der Waals surface area contributed by atoms with Gasteiger partial charge in [0.1, 0.15) is 11.5 Å². The zero-order chi connectivity index (χ0) is 20.8. The summed E-state index contributed by atoms with van der Waals surface area (Å²) in [6, 6.07) is 4.82. The SMILES string of the molecule is CCNC(=O)Nc1cc(CC2CCN(c3ccc(C(=O)NC)nc3F)CC2)sn1. The second-order valence-corrected chi connectivity index (χ2v) is 7.77. The van der Waals surface area contributed by atoms with Gasteiger partial charge in [-0.2, -0.15) is 8.76 Å². The first-order valence-electron chi connectivity index (χ1n) is 9.64. The van der Waals surface area contributed by atoms with Crippen LogP contribution in [0.5, 0.6) is 0 Å². The van der Waals surface area contributed by atoms with Gasteiger partial charge in [-0.3, -0.25) is 10.1 Å². The lowest BCUT2D eigenvalue weighted by Gasteiger charge is -2.33. The monoisotopic (exact) mass is 420 g/mol. The van der Waals surface area contributed by atoms with Crippen LogP contribution in [-0.2, 0) is 6.42 Å². The molecule has 0 spiro atoms. The molecule has 10 heteroatoms. The number of piperidine rings is 1. The van der Waals surface area contributed by atoms with Gasteiger partial charge in [0.2, 0.25) is 5.95 Å². The van der Waals surface area contributed by atoms with E-state index in [1.807, 2.05) is 17.9 Å². The molecule has 0 aliphatic carbocycles. The molecular formula is C19H25FN6O2S. The fourth-order valence-corrected chi connectivity index (χ4v) is 4.16. The van der Waals surface area contributed by atoms with Crippen LogP contribution >= 0.6 is 11.5 Å². The van der Waals surface area contributed by atoms with Crippen molar-refractivity contribution in [2.75, 3.05) is 36.9 Å². The zero-order valence-corrected chi connectivity index (χ0v) is 17.3. The van der Waals surface area contributed by atoms with Crippen molar-refractivity contribution in [2.24, 2.45) is 5.92 Å². The van der Waals surface area contributed by atoms with Gasteiger partial charge in [-0.05, 0) is 61.8 Å². The first-order valence-corrected chi connectivity index (χ1v) is 10.4. The van der Waals surface area contributed by atoms with Crippen molar-refractivity contribution in [1.82, 2.24) is 20.0 Å². The van der Waals surface area contributed by atoms with Gasteiger partial charge < -0.3 is 15.5 Å². The maximum atomic E-state index is 14.4. The standard InChI is InChI=1S/C19H25FN6O2S/c1-3-22-19(28)24-16-11-13(29-25-16)10-12-6-8-26(9-7-12)15-5-4-14(18(27)21-2)23-17(15)20/h4-5,11-12H,3,6-10H2,1-2H3,(H,21,27)(H2,22,24,25,28). The summed E-state index contributed by atoms with van der Waals surface area (Å²) in [5.74, 6) is 0.0238. The van der Waals surface area contributed by atoms with E-state index in [1.54, 1.807) is 12.1 Å². The molecular weight excluding hydrogens is 395 g/mol. The number of rotatable bonds is 6. The summed E-state index contributed by atoms with van der Waals surface area (Å²) in [7, 11) is 1.49. The van der Waals surface area contributed by atoms with Crippen LogP contribution in [0.1, 0.15) is 35.1 Å². The van der Waals surface area contributed by atoms with Crippen molar-refractivity contribution in [2.45, 2.75) is 26.2 Å². The molecule has 3 N–H and O–H groups in total. The van der Waals surface area contributed by atoms with Crippen molar-refractivity contribution in [1.29, 1.82) is 0 Å². The van der Waals surface area contributed by atoms with Gasteiger partial charge in [0.05, 0.1) is 5.69 Å². The maximum Gasteiger partial charge on any atom is 0.320 e. The van der Waals surface area contributed by atoms with Gasteiger partial charge in [-0.1, -0.05) is 0 Å². The molecule has 0 atom stereocenters. The Labute approximate surface area is 173 Å². The lowest BCUT2D eigenvalue weighted by atomic mass is 9.92. The normalized spacial score (nSPS) is 14.5. The molecule has 1 aliphatic heterocycles. The number of nitrogens with zero attached hydrogens (tertiary/aromatic N) is 3. The Morgan fingerprint density at radius 1 is 1.31 bits per heavy atom. The Hall–Kier alpha value is -2.75. The summed E-state index contributed by atoms with van der Waals surface area (Å²) in [6.45, 7) is 3.87. The number of hydrogen-bond acceptors (Lipinski definition) is 6. The highest BCUT2D eigenvalue weighted by Crippen LogP contribution is 2.28. The molecule has 2 aromatic rings. The predicted octanol–water partition coefficient (Wildman–Crippen LogP) is 2.64. The molecule has 1 fully saturated rings. The Bertz CT molecular complexity index is 866. The third kappa shape index (κ3) is 5.41. The summed E-state index contributed by atoms with van der Waals surface area (Å²) in [6.07, 6.45) is 2.74. The van der Waals surface area contributed by atoms with Crippen LogP contribution in [-0.4, -0.2) is 48.0 Å². The summed E-state index contributed by atoms with van der Waals surface area (Å²) < 4.78 is 18.6. The maximum absolute atomic E-state index is 14.4. The van der Waals surface area contributed by atoms with Crippen molar-refractivity contribution in [3.63, 3.8) is 0 Å². The molecule has 0 radical (unpaired) electrons. The van der Waals surface area contributed by atoms with Crippen LogP contribution in [0.2, 0.25) is 0 Å². The average molecular weight is 421 g/mol.